The molecule has 4 aromatic rings. The Balaban J connectivity index is 1.43. The number of amides is 1. The van der Waals surface area contributed by atoms with E-state index in [0.717, 1.165) is 5.39 Å². The number of non-ortho nitro benzene ring substituents is 1. The van der Waals surface area contributed by atoms with Crippen LogP contribution in [0, 0.1) is 16.0 Å². The summed E-state index contributed by atoms with van der Waals surface area (Å²) in [5.74, 6) is -1.08. The van der Waals surface area contributed by atoms with Crippen LogP contribution < -0.4 is 10.5 Å². The van der Waals surface area contributed by atoms with Gasteiger partial charge in [-0.05, 0) is 49.3 Å². The molecule has 1 aromatic heterocycles. The molecule has 0 aliphatic carbocycles. The molecule has 2 aliphatic rings. The van der Waals surface area contributed by atoms with E-state index < -0.39 is 42.4 Å². The normalized spacial score (nSPS) is 23.3. The van der Waals surface area contributed by atoms with Crippen molar-refractivity contribution in [1.82, 2.24) is 9.78 Å². The van der Waals surface area contributed by atoms with Gasteiger partial charge in [0.15, 0.2) is 5.60 Å². The first kappa shape index (κ1) is 28.8. The molecule has 0 unspecified atom stereocenters. The van der Waals surface area contributed by atoms with Crippen LogP contribution in [0.2, 0.25) is 18.6 Å². The van der Waals surface area contributed by atoms with Gasteiger partial charge < -0.3 is 18.9 Å². The number of halogens is 1. The SMILES string of the molecule is C[C@@H]1[C@@H]([Si](C)(C)F)[C@H](CCO)O[C@@]12C(=O)N(Cc1cccc(-n3ncc4ccccc4c3=O)c1)c1ccc([N+](=O)[O-])cc12. The molecule has 2 aliphatic heterocycles. The van der Waals surface area contributed by atoms with E-state index in [0.29, 0.717) is 27.9 Å². The predicted octanol–water partition coefficient (Wildman–Crippen LogP) is 5.00. The number of ether oxygens (including phenoxy) is 1. The van der Waals surface area contributed by atoms with Gasteiger partial charge in [0.1, 0.15) is 0 Å². The van der Waals surface area contributed by atoms with E-state index in [2.05, 4.69) is 5.10 Å². The van der Waals surface area contributed by atoms with Gasteiger partial charge in [0.25, 0.3) is 17.2 Å². The fraction of sp³-hybridized carbons (Fsp3) is 0.323. The van der Waals surface area contributed by atoms with Gasteiger partial charge in [-0.15, -0.1) is 0 Å². The van der Waals surface area contributed by atoms with Crippen molar-refractivity contribution < 1.29 is 23.7 Å². The number of nitro benzene ring substituents is 1. The van der Waals surface area contributed by atoms with Crippen molar-refractivity contribution in [3.05, 3.63) is 105 Å². The summed E-state index contributed by atoms with van der Waals surface area (Å²) in [4.78, 5) is 40.4. The third-order valence-electron chi connectivity index (χ3n) is 8.76. The number of hydrogen-bond donors (Lipinski definition) is 1. The lowest BCUT2D eigenvalue weighted by atomic mass is 9.82. The van der Waals surface area contributed by atoms with Crippen molar-refractivity contribution in [2.24, 2.45) is 5.92 Å². The lowest BCUT2D eigenvalue weighted by Crippen LogP contribution is -2.45. The highest BCUT2D eigenvalue weighted by Crippen LogP contribution is 2.60. The Bertz CT molecular complexity index is 1820. The summed E-state index contributed by atoms with van der Waals surface area (Å²) in [5.41, 5.74) is -0.786. The quantitative estimate of drug-likeness (QED) is 0.137. The van der Waals surface area contributed by atoms with Gasteiger partial charge in [0.05, 0.1) is 40.5 Å². The summed E-state index contributed by atoms with van der Waals surface area (Å²) in [5, 5.41) is 27.1. The maximum atomic E-state index is 15.8. The monoisotopic (exact) mass is 602 g/mol. The molecule has 3 heterocycles. The molecule has 1 spiro atoms. The number of aromatic nitrogens is 2. The average Bonchev–Trinajstić information content (AvgIpc) is 3.40. The van der Waals surface area contributed by atoms with Gasteiger partial charge in [-0.2, -0.15) is 9.78 Å². The van der Waals surface area contributed by atoms with Crippen molar-refractivity contribution >= 4 is 36.5 Å². The fourth-order valence-electron chi connectivity index (χ4n) is 6.95. The molecule has 0 saturated carbocycles. The molecule has 1 N–H and O–H groups in total. The number of fused-ring (bicyclic) bond motifs is 3. The van der Waals surface area contributed by atoms with Crippen LogP contribution in [0.25, 0.3) is 16.5 Å². The highest BCUT2D eigenvalue weighted by atomic mass is 28.4. The number of hydrogen-bond acceptors (Lipinski definition) is 7. The summed E-state index contributed by atoms with van der Waals surface area (Å²) in [6.45, 7) is 4.70. The first-order valence-electron chi connectivity index (χ1n) is 14.1. The lowest BCUT2D eigenvalue weighted by Gasteiger charge is -2.31. The number of carbonyl (C=O) groups is 1. The number of nitro groups is 1. The zero-order valence-corrected chi connectivity index (χ0v) is 24.9. The van der Waals surface area contributed by atoms with Gasteiger partial charge in [0.2, 0.25) is 8.41 Å². The van der Waals surface area contributed by atoms with Crippen LogP contribution in [-0.4, -0.2) is 46.8 Å². The second-order valence-electron chi connectivity index (χ2n) is 11.8. The molecule has 222 valence electrons. The van der Waals surface area contributed by atoms with Crippen LogP contribution >= 0.6 is 0 Å². The summed E-state index contributed by atoms with van der Waals surface area (Å²) in [6, 6.07) is 18.5. The van der Waals surface area contributed by atoms with Crippen LogP contribution in [0.4, 0.5) is 15.5 Å². The third-order valence-corrected chi connectivity index (χ3v) is 11.2. The predicted molar refractivity (Wildman–Crippen MR) is 161 cm³/mol. The highest BCUT2D eigenvalue weighted by molar-refractivity contribution is 6.72. The molecule has 1 saturated heterocycles. The summed E-state index contributed by atoms with van der Waals surface area (Å²) < 4.78 is 23.5. The number of carbonyl (C=O) groups excluding carboxylic acids is 1. The number of rotatable bonds is 7. The zero-order valence-electron chi connectivity index (χ0n) is 23.9. The zero-order chi connectivity index (χ0) is 30.7. The molecule has 1 fully saturated rings. The van der Waals surface area contributed by atoms with Gasteiger partial charge in [-0.3, -0.25) is 19.7 Å². The summed E-state index contributed by atoms with van der Waals surface area (Å²) in [7, 11) is -3.41. The number of aliphatic hydroxyl groups excluding tert-OH is 1. The molecular formula is C31H31FN4O6Si. The topological polar surface area (TPSA) is 128 Å². The standard InChI is InChI=1S/C31H31FN4O6Si/c1-19-28(43(2,3)32)27(13-14-37)42-31(19)25-16-23(36(40)41)11-12-26(25)34(30(31)39)18-20-7-6-9-22(15-20)35-29(38)24-10-5-4-8-21(24)17-33-35/h4-12,15-17,19,27-28,37H,13-14,18H2,1-3H3/t19-,27+,28-,31+/m1/s1. The first-order valence-corrected chi connectivity index (χ1v) is 17.1. The molecule has 6 rings (SSSR count). The molecule has 0 radical (unpaired) electrons. The maximum Gasteiger partial charge on any atom is 0.279 e. The summed E-state index contributed by atoms with van der Waals surface area (Å²) >= 11 is 0. The smallest absolute Gasteiger partial charge is 0.279 e. The molecule has 4 atom stereocenters. The van der Waals surface area contributed by atoms with Crippen molar-refractivity contribution in [2.75, 3.05) is 11.5 Å². The largest absolute Gasteiger partial charge is 0.396 e. The summed E-state index contributed by atoms with van der Waals surface area (Å²) in [6.07, 6.45) is 1.04. The fourth-order valence-corrected chi connectivity index (χ4v) is 9.49. The minimum atomic E-state index is -3.41. The highest BCUT2D eigenvalue weighted by Gasteiger charge is 2.66. The minimum Gasteiger partial charge on any atom is -0.396 e. The Morgan fingerprint density at radius 3 is 2.60 bits per heavy atom. The molecule has 10 nitrogen and oxygen atoms in total. The maximum absolute atomic E-state index is 15.8. The Kier molecular flexibility index (Phi) is 7.02. The third kappa shape index (κ3) is 4.57. The van der Waals surface area contributed by atoms with Gasteiger partial charge in [-0.25, -0.2) is 0 Å². The van der Waals surface area contributed by atoms with Crippen LogP contribution in [-0.2, 0) is 21.7 Å². The van der Waals surface area contributed by atoms with E-state index in [1.54, 1.807) is 56.5 Å². The Morgan fingerprint density at radius 2 is 1.88 bits per heavy atom. The lowest BCUT2D eigenvalue weighted by molar-refractivity contribution is -0.385. The molecule has 43 heavy (non-hydrogen) atoms. The molecule has 1 amide bonds. The van der Waals surface area contributed by atoms with Crippen molar-refractivity contribution in [3.8, 4) is 5.69 Å². The molecule has 3 aromatic carbocycles. The Labute approximate surface area is 247 Å². The van der Waals surface area contributed by atoms with Crippen LogP contribution in [0.5, 0.6) is 0 Å². The van der Waals surface area contributed by atoms with E-state index in [1.165, 1.54) is 27.8 Å². The Morgan fingerprint density at radius 1 is 1.12 bits per heavy atom. The van der Waals surface area contributed by atoms with Gasteiger partial charge in [-0.1, -0.05) is 37.3 Å². The number of nitrogens with zero attached hydrogens (tertiary/aromatic N) is 4. The molecule has 12 heteroatoms. The molecule has 0 bridgehead atoms. The van der Waals surface area contributed by atoms with E-state index in [-0.39, 0.29) is 30.8 Å². The van der Waals surface area contributed by atoms with Crippen molar-refractivity contribution in [3.63, 3.8) is 0 Å². The number of benzene rings is 3. The van der Waals surface area contributed by atoms with E-state index in [9.17, 15) is 24.8 Å². The van der Waals surface area contributed by atoms with Crippen LogP contribution in [0.15, 0.2) is 77.7 Å². The van der Waals surface area contributed by atoms with Crippen LogP contribution in [0.1, 0.15) is 24.5 Å². The van der Waals surface area contributed by atoms with Gasteiger partial charge in [0, 0.05) is 41.1 Å². The van der Waals surface area contributed by atoms with Crippen molar-refractivity contribution in [2.45, 2.75) is 50.2 Å². The van der Waals surface area contributed by atoms with Gasteiger partial charge >= 0.3 is 0 Å². The second-order valence-corrected chi connectivity index (χ2v) is 15.5. The van der Waals surface area contributed by atoms with E-state index >= 15 is 4.11 Å². The Hall–Kier alpha value is -4.26. The minimum absolute atomic E-state index is 0.0728. The molecular weight excluding hydrogens is 571 g/mol. The van der Waals surface area contributed by atoms with Crippen molar-refractivity contribution in [1.29, 1.82) is 0 Å². The average molecular weight is 603 g/mol. The number of anilines is 1. The second kappa shape index (κ2) is 10.5. The van der Waals surface area contributed by atoms with E-state index in [4.69, 9.17) is 4.74 Å². The first-order chi connectivity index (χ1) is 20.5. The van der Waals surface area contributed by atoms with E-state index in [1.807, 2.05) is 18.2 Å². The number of aliphatic hydroxyl groups is 1. The van der Waals surface area contributed by atoms with Crippen LogP contribution in [0.3, 0.4) is 0 Å².